The van der Waals surface area contributed by atoms with E-state index in [1.165, 1.54) is 7.11 Å². The van der Waals surface area contributed by atoms with Crippen molar-refractivity contribution in [3.8, 4) is 0 Å². The third-order valence-corrected chi connectivity index (χ3v) is 6.24. The van der Waals surface area contributed by atoms with Crippen LogP contribution in [-0.4, -0.2) is 41.2 Å². The smallest absolute Gasteiger partial charge is 0.333 e. The van der Waals surface area contributed by atoms with E-state index in [4.69, 9.17) is 16.3 Å². The highest BCUT2D eigenvalue weighted by Gasteiger charge is 2.55. The number of nitrogens with zero attached hydrogens (tertiary/aromatic N) is 1. The van der Waals surface area contributed by atoms with Crippen LogP contribution >= 0.6 is 11.6 Å². The molecule has 1 heterocycles. The fraction of sp³-hybridized carbons (Fsp3) is 0.304. The number of hydrogen-bond donors (Lipinski definition) is 1. The van der Waals surface area contributed by atoms with Crippen molar-refractivity contribution in [2.75, 3.05) is 7.11 Å². The number of imide groups is 1. The van der Waals surface area contributed by atoms with Crippen LogP contribution in [0, 0.1) is 0 Å². The lowest BCUT2D eigenvalue weighted by Crippen LogP contribution is -2.60. The normalized spacial score (nSPS) is 17.9. The Kier molecular flexibility index (Phi) is 5.54. The summed E-state index contributed by atoms with van der Waals surface area (Å²) in [7, 11) is 1.23. The highest BCUT2D eigenvalue weighted by atomic mass is 35.5. The molecule has 2 aromatic rings. The van der Waals surface area contributed by atoms with Crippen molar-refractivity contribution in [1.29, 1.82) is 0 Å². The number of fused-ring (bicyclic) bond motifs is 1. The molecule has 0 saturated heterocycles. The van der Waals surface area contributed by atoms with Gasteiger partial charge in [-0.05, 0) is 42.7 Å². The molecule has 0 spiro atoms. The van der Waals surface area contributed by atoms with Gasteiger partial charge in [-0.1, -0.05) is 48.7 Å². The van der Waals surface area contributed by atoms with Gasteiger partial charge in [0.15, 0.2) is 6.04 Å². The molecule has 1 aliphatic carbocycles. The first-order chi connectivity index (χ1) is 14.9. The number of hydrogen-bond acceptors (Lipinski definition) is 5. The summed E-state index contributed by atoms with van der Waals surface area (Å²) in [6.45, 7) is 0. The minimum absolute atomic E-state index is 0.286. The number of carbonyl (C=O) groups is 4. The van der Waals surface area contributed by atoms with Gasteiger partial charge in [0.25, 0.3) is 11.8 Å². The lowest BCUT2D eigenvalue weighted by atomic mass is 9.92. The fourth-order valence-electron chi connectivity index (χ4n) is 4.41. The summed E-state index contributed by atoms with van der Waals surface area (Å²) in [4.78, 5) is 53.3. The van der Waals surface area contributed by atoms with E-state index in [1.54, 1.807) is 48.5 Å². The Morgan fingerprint density at radius 1 is 1.00 bits per heavy atom. The van der Waals surface area contributed by atoms with Crippen LogP contribution < -0.4 is 5.32 Å². The number of amides is 3. The third kappa shape index (κ3) is 3.49. The van der Waals surface area contributed by atoms with Gasteiger partial charge in [0.2, 0.25) is 5.91 Å². The predicted octanol–water partition coefficient (Wildman–Crippen LogP) is 3.28. The van der Waals surface area contributed by atoms with Crippen LogP contribution in [0.4, 0.5) is 0 Å². The molecule has 7 nitrogen and oxygen atoms in total. The Bertz CT molecular complexity index is 1020. The van der Waals surface area contributed by atoms with E-state index in [9.17, 15) is 19.2 Å². The number of carbonyl (C=O) groups excluding carboxylic acids is 4. The van der Waals surface area contributed by atoms with Crippen LogP contribution in [0.2, 0.25) is 5.02 Å². The molecule has 1 fully saturated rings. The zero-order valence-corrected chi connectivity index (χ0v) is 17.6. The summed E-state index contributed by atoms with van der Waals surface area (Å²) in [6, 6.07) is 11.9. The number of halogens is 1. The lowest BCUT2D eigenvalue weighted by Gasteiger charge is -2.36. The second kappa shape index (κ2) is 8.15. The maximum absolute atomic E-state index is 13.6. The largest absolute Gasteiger partial charge is 0.467 e. The summed E-state index contributed by atoms with van der Waals surface area (Å²) in [6.07, 6.45) is 2.03. The van der Waals surface area contributed by atoms with E-state index in [1.807, 2.05) is 0 Å². The molecule has 1 atom stereocenters. The molecule has 3 amide bonds. The number of methoxy groups -OCH3 is 1. The Labute approximate surface area is 184 Å². The highest BCUT2D eigenvalue weighted by molar-refractivity contribution is 6.30. The Morgan fingerprint density at radius 3 is 2.06 bits per heavy atom. The molecular weight excluding hydrogens is 420 g/mol. The number of benzene rings is 2. The Balaban J connectivity index is 1.69. The van der Waals surface area contributed by atoms with Crippen molar-refractivity contribution < 1.29 is 23.9 Å². The summed E-state index contributed by atoms with van der Waals surface area (Å²) >= 11 is 5.94. The van der Waals surface area contributed by atoms with Gasteiger partial charge >= 0.3 is 5.97 Å². The molecule has 31 heavy (non-hydrogen) atoms. The Morgan fingerprint density at radius 2 is 1.55 bits per heavy atom. The van der Waals surface area contributed by atoms with Gasteiger partial charge in [-0.3, -0.25) is 19.3 Å². The van der Waals surface area contributed by atoms with Crippen molar-refractivity contribution in [2.45, 2.75) is 37.3 Å². The molecule has 0 radical (unpaired) electrons. The van der Waals surface area contributed by atoms with E-state index < -0.39 is 35.3 Å². The van der Waals surface area contributed by atoms with Gasteiger partial charge in [0, 0.05) is 5.02 Å². The van der Waals surface area contributed by atoms with Crippen LogP contribution in [-0.2, 0) is 14.3 Å². The first-order valence-corrected chi connectivity index (χ1v) is 10.4. The minimum atomic E-state index is -1.36. The zero-order chi connectivity index (χ0) is 22.2. The van der Waals surface area contributed by atoms with Crippen LogP contribution in [0.15, 0.2) is 48.5 Å². The minimum Gasteiger partial charge on any atom is -0.467 e. The average Bonchev–Trinajstić information content (AvgIpc) is 3.37. The number of nitrogens with one attached hydrogen (secondary N) is 1. The maximum Gasteiger partial charge on any atom is 0.333 e. The molecule has 0 bridgehead atoms. The maximum atomic E-state index is 13.6. The van der Waals surface area contributed by atoms with Crippen LogP contribution in [0.5, 0.6) is 0 Å². The summed E-state index contributed by atoms with van der Waals surface area (Å²) in [5.41, 5.74) is -0.297. The van der Waals surface area contributed by atoms with Gasteiger partial charge in [-0.15, -0.1) is 0 Å². The second-order valence-electron chi connectivity index (χ2n) is 7.71. The molecule has 0 aromatic heterocycles. The lowest BCUT2D eigenvalue weighted by molar-refractivity contribution is -0.146. The monoisotopic (exact) mass is 440 g/mol. The van der Waals surface area contributed by atoms with E-state index in [2.05, 4.69) is 5.32 Å². The number of esters is 1. The van der Waals surface area contributed by atoms with Crippen molar-refractivity contribution in [3.05, 3.63) is 70.2 Å². The SMILES string of the molecule is COC(=O)[C@@H](NC(=O)C1(N2C(=O)c3ccccc3C2=O)CCCC1)c1ccc(Cl)cc1. The average molecular weight is 441 g/mol. The summed E-state index contributed by atoms with van der Waals surface area (Å²) in [5.74, 6) is -2.19. The van der Waals surface area contributed by atoms with Gasteiger partial charge < -0.3 is 10.1 Å². The molecule has 160 valence electrons. The van der Waals surface area contributed by atoms with Crippen LogP contribution in [0.3, 0.4) is 0 Å². The zero-order valence-electron chi connectivity index (χ0n) is 16.9. The molecule has 2 aliphatic rings. The van der Waals surface area contributed by atoms with Gasteiger partial charge in [0.05, 0.1) is 18.2 Å². The molecule has 1 saturated carbocycles. The molecular formula is C23H21ClN2O5. The van der Waals surface area contributed by atoms with E-state index in [-0.39, 0.29) is 11.1 Å². The van der Waals surface area contributed by atoms with Crippen LogP contribution in [0.25, 0.3) is 0 Å². The molecule has 8 heteroatoms. The quantitative estimate of drug-likeness (QED) is 0.569. The van der Waals surface area contributed by atoms with Crippen molar-refractivity contribution in [2.24, 2.45) is 0 Å². The standard InChI is InChI=1S/C23H21ClN2O5/c1-31-21(29)18(14-8-10-15(24)11-9-14)25-22(30)23(12-4-5-13-23)26-19(27)16-6-2-3-7-17(16)20(26)28/h2-3,6-11,18H,4-5,12-13H2,1H3,(H,25,30)/t18-/m0/s1. The molecule has 4 rings (SSSR count). The molecule has 1 N–H and O–H groups in total. The van der Waals surface area contributed by atoms with E-state index in [0.29, 0.717) is 36.3 Å². The predicted molar refractivity (Wildman–Crippen MR) is 112 cm³/mol. The second-order valence-corrected chi connectivity index (χ2v) is 8.15. The summed E-state index contributed by atoms with van der Waals surface area (Å²) < 4.78 is 4.88. The molecule has 0 unspecified atom stereocenters. The highest BCUT2D eigenvalue weighted by Crippen LogP contribution is 2.41. The van der Waals surface area contributed by atoms with Crippen LogP contribution in [0.1, 0.15) is 58.0 Å². The molecule has 1 aliphatic heterocycles. The number of ether oxygens (including phenoxy) is 1. The number of rotatable bonds is 5. The first-order valence-electron chi connectivity index (χ1n) is 10.0. The van der Waals surface area contributed by atoms with Crippen molar-refractivity contribution >= 4 is 35.3 Å². The van der Waals surface area contributed by atoms with E-state index >= 15 is 0 Å². The summed E-state index contributed by atoms with van der Waals surface area (Å²) in [5, 5.41) is 3.21. The van der Waals surface area contributed by atoms with Crippen molar-refractivity contribution in [1.82, 2.24) is 10.2 Å². The van der Waals surface area contributed by atoms with Gasteiger partial charge in [-0.2, -0.15) is 0 Å². The topological polar surface area (TPSA) is 92.8 Å². The fourth-order valence-corrected chi connectivity index (χ4v) is 4.53. The molecule has 2 aromatic carbocycles. The third-order valence-electron chi connectivity index (χ3n) is 5.99. The van der Waals surface area contributed by atoms with Crippen molar-refractivity contribution in [3.63, 3.8) is 0 Å². The Hall–Kier alpha value is -3.19. The van der Waals surface area contributed by atoms with Gasteiger partial charge in [-0.25, -0.2) is 4.79 Å². The van der Waals surface area contributed by atoms with E-state index in [0.717, 1.165) is 4.90 Å². The van der Waals surface area contributed by atoms with Gasteiger partial charge in [0.1, 0.15) is 5.54 Å². The first kappa shape index (κ1) is 21.1.